The molecule has 0 heterocycles. The molecule has 0 rings (SSSR count). The van der Waals surface area contributed by atoms with Crippen molar-refractivity contribution in [2.45, 2.75) is 226 Å². The summed E-state index contributed by atoms with van der Waals surface area (Å²) < 4.78 is 16.6. The van der Waals surface area contributed by atoms with Crippen LogP contribution in [0, 0.1) is 14.4 Å². The molecule has 0 aliphatic heterocycles. The van der Waals surface area contributed by atoms with Gasteiger partial charge in [-0.25, -0.2) is 0 Å². The molecule has 0 aliphatic rings. The second-order valence-corrected chi connectivity index (χ2v) is 15.7. The van der Waals surface area contributed by atoms with Gasteiger partial charge in [-0.15, -0.1) is 0 Å². The standard InChI is InChI=1S/C47H88N2O6.C2H5.CH3.Cd/c1-4-6-8-10-12-14-16-18-20-22-24-26-28-30-32-36-45(50)53-42-44(43-54-46(51)38-34-40-49(3)41-35-39-48)55-47(52)37-33-31-29-27-25-23-21-19-17-15-13-11-9-7-5-2;1-2;;/h18-21,44H,4-17,22-43,48H2,1-3H3;1H2,2H3;1H3;/q;2*-1;+2/b20-18-,21-19-;;;/t44-;;;/m1.../s1. The molecule has 0 aliphatic carbocycles. The molecule has 0 aromatic heterocycles. The molecule has 0 aromatic carbocycles. The summed E-state index contributed by atoms with van der Waals surface area (Å²) in [6.45, 7) is 11.6. The Kier molecular flexibility index (Phi) is 59.7. The number of rotatable bonds is 42. The van der Waals surface area contributed by atoms with Crippen LogP contribution in [0.15, 0.2) is 24.3 Å². The zero-order valence-electron chi connectivity index (χ0n) is 39.7. The van der Waals surface area contributed by atoms with Gasteiger partial charge in [-0.2, -0.15) is 6.92 Å². The maximum atomic E-state index is 12.7. The first-order chi connectivity index (χ1) is 27.9. The van der Waals surface area contributed by atoms with Crippen molar-refractivity contribution < 1.29 is 55.9 Å². The van der Waals surface area contributed by atoms with Gasteiger partial charge >= 0.3 is 45.2 Å². The van der Waals surface area contributed by atoms with Crippen LogP contribution >= 0.6 is 0 Å². The van der Waals surface area contributed by atoms with Gasteiger partial charge in [-0.1, -0.05) is 141 Å². The predicted octanol–water partition coefficient (Wildman–Crippen LogP) is 13.4. The van der Waals surface area contributed by atoms with Gasteiger partial charge in [0.05, 0.1) is 0 Å². The minimum Gasteiger partial charge on any atom is -0.462 e. The van der Waals surface area contributed by atoms with Crippen LogP contribution in [-0.2, 0) is 55.9 Å². The minimum atomic E-state index is -0.801. The molecule has 0 saturated heterocycles. The number of esters is 3. The van der Waals surface area contributed by atoms with E-state index in [1.54, 1.807) is 6.92 Å². The zero-order valence-corrected chi connectivity index (χ0v) is 43.8. The van der Waals surface area contributed by atoms with Crippen LogP contribution in [0.1, 0.15) is 220 Å². The molecule has 0 fully saturated rings. The summed E-state index contributed by atoms with van der Waals surface area (Å²) in [5.41, 5.74) is 5.59. The van der Waals surface area contributed by atoms with Crippen LogP contribution in [-0.4, -0.2) is 68.8 Å². The molecule has 0 bridgehead atoms. The summed E-state index contributed by atoms with van der Waals surface area (Å²) >= 11 is 0. The number of carbonyl (C=O) groups is 3. The number of unbranched alkanes of at least 4 members (excludes halogenated alkanes) is 22. The van der Waals surface area contributed by atoms with Crippen LogP contribution in [0.3, 0.4) is 0 Å². The topological polar surface area (TPSA) is 108 Å². The fourth-order valence-electron chi connectivity index (χ4n) is 6.52. The molecule has 0 amide bonds. The van der Waals surface area contributed by atoms with E-state index < -0.39 is 6.10 Å². The summed E-state index contributed by atoms with van der Waals surface area (Å²) in [5.74, 6) is -0.985. The summed E-state index contributed by atoms with van der Waals surface area (Å²) in [6, 6.07) is 0. The Morgan fingerprint density at radius 3 is 1.22 bits per heavy atom. The van der Waals surface area contributed by atoms with Gasteiger partial charge in [-0.05, 0) is 104 Å². The largest absolute Gasteiger partial charge is 2.00 e. The quantitative estimate of drug-likeness (QED) is 0.0161. The van der Waals surface area contributed by atoms with E-state index in [9.17, 15) is 14.4 Å². The van der Waals surface area contributed by atoms with E-state index in [1.165, 1.54) is 109 Å². The Balaban J connectivity index is -0.00000372. The number of nitrogens with two attached hydrogens (primary N) is 1. The van der Waals surface area contributed by atoms with Crippen molar-refractivity contribution in [1.82, 2.24) is 4.90 Å². The van der Waals surface area contributed by atoms with Gasteiger partial charge in [0.1, 0.15) is 13.2 Å². The molecule has 0 unspecified atom stereocenters. The van der Waals surface area contributed by atoms with Crippen LogP contribution in [0.4, 0.5) is 0 Å². The predicted molar refractivity (Wildman–Crippen MR) is 249 cm³/mol. The molecule has 344 valence electrons. The number of hydrogen-bond acceptors (Lipinski definition) is 8. The molecule has 0 radical (unpaired) electrons. The van der Waals surface area contributed by atoms with Gasteiger partial charge in [0.25, 0.3) is 0 Å². The Morgan fingerprint density at radius 2 is 0.831 bits per heavy atom. The van der Waals surface area contributed by atoms with E-state index in [1.807, 2.05) is 7.05 Å². The van der Waals surface area contributed by atoms with E-state index in [2.05, 4.69) is 50.0 Å². The van der Waals surface area contributed by atoms with Crippen LogP contribution < -0.4 is 5.73 Å². The normalized spacial score (nSPS) is 11.5. The summed E-state index contributed by atoms with van der Waals surface area (Å²) in [4.78, 5) is 39.8. The van der Waals surface area contributed by atoms with E-state index in [-0.39, 0.29) is 72.3 Å². The third-order valence-electron chi connectivity index (χ3n) is 10.1. The van der Waals surface area contributed by atoms with Crippen molar-refractivity contribution in [3.05, 3.63) is 38.7 Å². The average Bonchev–Trinajstić information content (AvgIpc) is 3.21. The van der Waals surface area contributed by atoms with Gasteiger partial charge in [0.15, 0.2) is 6.10 Å². The van der Waals surface area contributed by atoms with Gasteiger partial charge in [0, 0.05) is 19.3 Å². The molecule has 0 aromatic rings. The Bertz CT molecular complexity index is 931. The minimum absolute atomic E-state index is 0. The van der Waals surface area contributed by atoms with Gasteiger partial charge in [0.2, 0.25) is 0 Å². The van der Waals surface area contributed by atoms with Crippen LogP contribution in [0.25, 0.3) is 0 Å². The number of carbonyl (C=O) groups excluding carboxylic acids is 3. The average molecular weight is 934 g/mol. The van der Waals surface area contributed by atoms with E-state index >= 15 is 0 Å². The first-order valence-electron chi connectivity index (χ1n) is 23.8. The molecule has 1 atom stereocenters. The molecule has 59 heavy (non-hydrogen) atoms. The number of ether oxygens (including phenoxy) is 3. The van der Waals surface area contributed by atoms with E-state index in [0.29, 0.717) is 25.8 Å². The van der Waals surface area contributed by atoms with Crippen molar-refractivity contribution in [1.29, 1.82) is 0 Å². The maximum absolute atomic E-state index is 12.7. The summed E-state index contributed by atoms with van der Waals surface area (Å²) in [6.07, 6.45) is 42.2. The van der Waals surface area contributed by atoms with Gasteiger partial charge in [-0.3, -0.25) is 14.4 Å². The second kappa shape index (κ2) is 54.7. The Morgan fingerprint density at radius 1 is 0.508 bits per heavy atom. The Hall–Kier alpha value is -1.27. The first kappa shape index (κ1) is 64.4. The maximum Gasteiger partial charge on any atom is 2.00 e. The van der Waals surface area contributed by atoms with E-state index in [0.717, 1.165) is 77.3 Å². The van der Waals surface area contributed by atoms with Crippen molar-refractivity contribution >= 4 is 17.9 Å². The molecule has 0 saturated carbocycles. The monoisotopic (exact) mass is 935 g/mol. The SMILES string of the molecule is CCCCCCCC/C=C\CCCCCCCC(=O)OC[C@H](COC(=O)CCCN(C)CCCN)OC(=O)CCCCCCC/C=C\CCCCCCCC.[CH2-]C.[CH3-].[Cd+2]. The molecule has 0 spiro atoms. The molecule has 8 nitrogen and oxygen atoms in total. The van der Waals surface area contributed by atoms with E-state index in [4.69, 9.17) is 19.9 Å². The zero-order chi connectivity index (χ0) is 42.3. The van der Waals surface area contributed by atoms with Gasteiger partial charge < -0.3 is 39.2 Å². The van der Waals surface area contributed by atoms with Crippen molar-refractivity contribution in [3.63, 3.8) is 0 Å². The fourth-order valence-corrected chi connectivity index (χ4v) is 6.52. The number of hydrogen-bond donors (Lipinski definition) is 1. The van der Waals surface area contributed by atoms with Crippen molar-refractivity contribution in [2.24, 2.45) is 5.73 Å². The summed E-state index contributed by atoms with van der Waals surface area (Å²) in [7, 11) is 2.01. The number of allylic oxidation sites excluding steroid dienone is 4. The van der Waals surface area contributed by atoms with Crippen LogP contribution in [0.2, 0.25) is 0 Å². The van der Waals surface area contributed by atoms with Crippen molar-refractivity contribution in [2.75, 3.05) is 39.9 Å². The second-order valence-electron chi connectivity index (χ2n) is 15.7. The van der Waals surface area contributed by atoms with Crippen molar-refractivity contribution in [3.8, 4) is 0 Å². The first-order valence-corrected chi connectivity index (χ1v) is 23.8. The summed E-state index contributed by atoms with van der Waals surface area (Å²) in [5, 5.41) is 0. The third-order valence-corrected chi connectivity index (χ3v) is 10.1. The Labute approximate surface area is 386 Å². The smallest absolute Gasteiger partial charge is 0.462 e. The molecular formula is C50H96CdN2O6. The number of nitrogens with zero attached hydrogens (tertiary/aromatic N) is 1. The fraction of sp³-hybridized carbons (Fsp3) is 0.820. The molecule has 2 N–H and O–H groups in total. The molecular weight excluding hydrogens is 837 g/mol. The molecule has 9 heteroatoms. The third kappa shape index (κ3) is 52.8. The van der Waals surface area contributed by atoms with Crippen LogP contribution in [0.5, 0.6) is 0 Å².